The summed E-state index contributed by atoms with van der Waals surface area (Å²) in [7, 11) is 0. The molecule has 0 bridgehead atoms. The van der Waals surface area contributed by atoms with E-state index in [1.165, 1.54) is 0 Å². The number of nitrogens with one attached hydrogen (secondary N) is 1. The zero-order valence-electron chi connectivity index (χ0n) is 16.0. The summed E-state index contributed by atoms with van der Waals surface area (Å²) in [6.45, 7) is 3.61. The maximum Gasteiger partial charge on any atom is 0.409 e. The van der Waals surface area contributed by atoms with Crippen LogP contribution in [-0.2, 0) is 4.74 Å². The van der Waals surface area contributed by atoms with Crippen LogP contribution >= 0.6 is 0 Å². The lowest BCUT2D eigenvalue weighted by atomic mass is 10.1. The molecule has 1 amide bonds. The first-order chi connectivity index (χ1) is 13.7. The zero-order valence-corrected chi connectivity index (χ0v) is 16.0. The number of hydrogen-bond acceptors (Lipinski definition) is 5. The summed E-state index contributed by atoms with van der Waals surface area (Å²) >= 11 is 0. The molecular formula is C22H24N4O2. The molecule has 6 heteroatoms. The molecule has 3 aromatic rings. The SMILES string of the molecule is CCOC(=O)N1CCC(Nc2nc(-c3ccccc3)nc3ccccc23)CC1. The van der Waals surface area contributed by atoms with Crippen LogP contribution in [0.1, 0.15) is 19.8 Å². The molecule has 1 aliphatic rings. The van der Waals surface area contributed by atoms with Crippen molar-refractivity contribution < 1.29 is 9.53 Å². The minimum absolute atomic E-state index is 0.222. The molecule has 1 fully saturated rings. The van der Waals surface area contributed by atoms with Gasteiger partial charge in [0.15, 0.2) is 5.82 Å². The normalized spacial score (nSPS) is 14.8. The molecule has 0 atom stereocenters. The molecule has 1 aromatic heterocycles. The van der Waals surface area contributed by atoms with Crippen molar-refractivity contribution in [2.24, 2.45) is 0 Å². The van der Waals surface area contributed by atoms with Crippen molar-refractivity contribution in [1.82, 2.24) is 14.9 Å². The summed E-state index contributed by atoms with van der Waals surface area (Å²) in [5.41, 5.74) is 1.91. The number of para-hydroxylation sites is 1. The van der Waals surface area contributed by atoms with E-state index in [4.69, 9.17) is 14.7 Å². The van der Waals surface area contributed by atoms with Crippen LogP contribution in [-0.4, -0.2) is 46.7 Å². The zero-order chi connectivity index (χ0) is 19.3. The number of benzene rings is 2. The second-order valence-corrected chi connectivity index (χ2v) is 6.88. The minimum atomic E-state index is -0.222. The number of aromatic nitrogens is 2. The highest BCUT2D eigenvalue weighted by Gasteiger charge is 2.24. The Hall–Kier alpha value is -3.15. The van der Waals surface area contributed by atoms with Gasteiger partial charge < -0.3 is 15.0 Å². The van der Waals surface area contributed by atoms with Crippen molar-refractivity contribution in [1.29, 1.82) is 0 Å². The molecule has 0 saturated carbocycles. The number of nitrogens with zero attached hydrogens (tertiary/aromatic N) is 3. The molecule has 6 nitrogen and oxygen atoms in total. The van der Waals surface area contributed by atoms with Crippen LogP contribution in [0.3, 0.4) is 0 Å². The van der Waals surface area contributed by atoms with Crippen molar-refractivity contribution in [3.8, 4) is 11.4 Å². The highest BCUT2D eigenvalue weighted by atomic mass is 16.6. The Bertz CT molecular complexity index is 953. The quantitative estimate of drug-likeness (QED) is 0.734. The van der Waals surface area contributed by atoms with Crippen LogP contribution in [0.4, 0.5) is 10.6 Å². The van der Waals surface area contributed by atoms with E-state index in [1.807, 2.05) is 61.5 Å². The lowest BCUT2D eigenvalue weighted by Gasteiger charge is -2.32. The Kier molecular flexibility index (Phi) is 5.37. The number of ether oxygens (including phenoxy) is 1. The first-order valence-corrected chi connectivity index (χ1v) is 9.75. The number of piperidine rings is 1. The van der Waals surface area contributed by atoms with Crippen LogP contribution in [0.25, 0.3) is 22.3 Å². The molecule has 2 heterocycles. The van der Waals surface area contributed by atoms with Gasteiger partial charge in [0.25, 0.3) is 0 Å². The second-order valence-electron chi connectivity index (χ2n) is 6.88. The van der Waals surface area contributed by atoms with Crippen LogP contribution < -0.4 is 5.32 Å². The molecule has 2 aromatic carbocycles. The van der Waals surface area contributed by atoms with E-state index in [0.29, 0.717) is 25.5 Å². The standard InChI is InChI=1S/C22H24N4O2/c1-2-28-22(27)26-14-12-17(13-15-26)23-21-18-10-6-7-11-19(18)24-20(25-21)16-8-4-3-5-9-16/h3-11,17H,2,12-15H2,1H3,(H,23,24,25). The van der Waals surface area contributed by atoms with Crippen molar-refractivity contribution in [2.75, 3.05) is 25.0 Å². The van der Waals surface area contributed by atoms with E-state index in [9.17, 15) is 4.79 Å². The van der Waals surface area contributed by atoms with E-state index in [-0.39, 0.29) is 12.1 Å². The smallest absolute Gasteiger partial charge is 0.409 e. The Morgan fingerprint density at radius 2 is 1.79 bits per heavy atom. The van der Waals surface area contributed by atoms with Gasteiger partial charge >= 0.3 is 6.09 Å². The van der Waals surface area contributed by atoms with Gasteiger partial charge in [-0.1, -0.05) is 42.5 Å². The number of rotatable bonds is 4. The predicted octanol–water partition coefficient (Wildman–Crippen LogP) is 4.33. The van der Waals surface area contributed by atoms with Crippen LogP contribution in [0, 0.1) is 0 Å². The number of fused-ring (bicyclic) bond motifs is 1. The Morgan fingerprint density at radius 3 is 2.54 bits per heavy atom. The third-order valence-electron chi connectivity index (χ3n) is 5.00. The van der Waals surface area contributed by atoms with Gasteiger partial charge in [0.05, 0.1) is 12.1 Å². The van der Waals surface area contributed by atoms with Crippen LogP contribution in [0.5, 0.6) is 0 Å². The molecule has 144 valence electrons. The Balaban J connectivity index is 1.56. The van der Waals surface area contributed by atoms with Crippen LogP contribution in [0.15, 0.2) is 54.6 Å². The number of carbonyl (C=O) groups is 1. The van der Waals surface area contributed by atoms with Crippen LogP contribution in [0.2, 0.25) is 0 Å². The minimum Gasteiger partial charge on any atom is -0.450 e. The van der Waals surface area contributed by atoms with Crippen molar-refractivity contribution >= 4 is 22.8 Å². The fourth-order valence-corrected chi connectivity index (χ4v) is 3.52. The monoisotopic (exact) mass is 376 g/mol. The summed E-state index contributed by atoms with van der Waals surface area (Å²) in [5, 5.41) is 4.60. The lowest BCUT2D eigenvalue weighted by molar-refractivity contribution is 0.0983. The van der Waals surface area contributed by atoms with Gasteiger partial charge in [-0.25, -0.2) is 14.8 Å². The molecule has 0 spiro atoms. The Morgan fingerprint density at radius 1 is 1.07 bits per heavy atom. The maximum atomic E-state index is 11.9. The van der Waals surface area contributed by atoms with Gasteiger partial charge in [0, 0.05) is 30.1 Å². The molecule has 0 unspecified atom stereocenters. The van der Waals surface area contributed by atoms with E-state index in [2.05, 4.69) is 5.32 Å². The van der Waals surface area contributed by atoms with Gasteiger partial charge in [0.2, 0.25) is 0 Å². The molecule has 4 rings (SSSR count). The second kappa shape index (κ2) is 8.25. The molecule has 0 radical (unpaired) electrons. The molecule has 28 heavy (non-hydrogen) atoms. The topological polar surface area (TPSA) is 67.3 Å². The van der Waals surface area contributed by atoms with Gasteiger partial charge in [-0.05, 0) is 31.9 Å². The van der Waals surface area contributed by atoms with Gasteiger partial charge in [-0.2, -0.15) is 0 Å². The van der Waals surface area contributed by atoms with Crippen molar-refractivity contribution in [3.63, 3.8) is 0 Å². The summed E-state index contributed by atoms with van der Waals surface area (Å²) < 4.78 is 5.10. The number of likely N-dealkylation sites (tertiary alicyclic amines) is 1. The summed E-state index contributed by atoms with van der Waals surface area (Å²) in [5.74, 6) is 1.56. The highest BCUT2D eigenvalue weighted by molar-refractivity contribution is 5.90. The summed E-state index contributed by atoms with van der Waals surface area (Å²) in [4.78, 5) is 23.2. The number of anilines is 1. The summed E-state index contributed by atoms with van der Waals surface area (Å²) in [6.07, 6.45) is 1.50. The van der Waals surface area contributed by atoms with Gasteiger partial charge in [-0.3, -0.25) is 0 Å². The van der Waals surface area contributed by atoms with E-state index in [0.717, 1.165) is 35.1 Å². The van der Waals surface area contributed by atoms with E-state index in [1.54, 1.807) is 4.90 Å². The first-order valence-electron chi connectivity index (χ1n) is 9.75. The van der Waals surface area contributed by atoms with E-state index >= 15 is 0 Å². The third kappa shape index (κ3) is 3.91. The highest BCUT2D eigenvalue weighted by Crippen LogP contribution is 2.26. The number of carbonyl (C=O) groups excluding carboxylic acids is 1. The fraction of sp³-hybridized carbons (Fsp3) is 0.318. The predicted molar refractivity (Wildman–Crippen MR) is 110 cm³/mol. The molecule has 0 aliphatic carbocycles. The maximum absolute atomic E-state index is 11.9. The van der Waals surface area contributed by atoms with Crippen molar-refractivity contribution in [2.45, 2.75) is 25.8 Å². The lowest BCUT2D eigenvalue weighted by Crippen LogP contribution is -2.42. The molecular weight excluding hydrogens is 352 g/mol. The summed E-state index contributed by atoms with van der Waals surface area (Å²) in [6, 6.07) is 18.3. The molecule has 1 N–H and O–H groups in total. The Labute approximate surface area is 164 Å². The average Bonchev–Trinajstić information content (AvgIpc) is 2.75. The number of hydrogen-bond donors (Lipinski definition) is 1. The average molecular weight is 376 g/mol. The van der Waals surface area contributed by atoms with Gasteiger partial charge in [-0.15, -0.1) is 0 Å². The largest absolute Gasteiger partial charge is 0.450 e. The van der Waals surface area contributed by atoms with Gasteiger partial charge in [0.1, 0.15) is 5.82 Å². The number of amides is 1. The first kappa shape index (κ1) is 18.2. The fourth-order valence-electron chi connectivity index (χ4n) is 3.52. The molecule has 1 aliphatic heterocycles. The van der Waals surface area contributed by atoms with Crippen molar-refractivity contribution in [3.05, 3.63) is 54.6 Å². The molecule has 1 saturated heterocycles. The van der Waals surface area contributed by atoms with E-state index < -0.39 is 0 Å². The third-order valence-corrected chi connectivity index (χ3v) is 5.00.